The second-order valence-corrected chi connectivity index (χ2v) is 22.2. The number of hydrogen-bond donors (Lipinski definition) is 7. The van der Waals surface area contributed by atoms with E-state index in [4.69, 9.17) is 18.7 Å². The van der Waals surface area contributed by atoms with Crippen LogP contribution in [-0.4, -0.2) is 115 Å². The number of rotatable bonds is 18. The first-order chi connectivity index (χ1) is 31.5. The first kappa shape index (κ1) is 50.9. The van der Waals surface area contributed by atoms with E-state index in [1.165, 1.54) is 36.0 Å². The molecule has 0 radical (unpaired) electrons. The van der Waals surface area contributed by atoms with Crippen LogP contribution >= 0.6 is 19.6 Å². The average Bonchev–Trinajstić information content (AvgIpc) is 3.75. The highest BCUT2D eigenvalue weighted by Gasteiger charge is 2.76. The van der Waals surface area contributed by atoms with Crippen LogP contribution in [0.15, 0.2) is 42.0 Å². The van der Waals surface area contributed by atoms with Crippen LogP contribution in [0.1, 0.15) is 104 Å². The number of thioether (sulfide) groups is 1. The molecule has 0 spiro atoms. The number of phosphoric acid groups is 1. The third-order valence-electron chi connectivity index (χ3n) is 14.9. The number of hydrogen-bond acceptors (Lipinski definition) is 13. The predicted octanol–water partition coefficient (Wildman–Crippen LogP) is 3.96. The van der Waals surface area contributed by atoms with Gasteiger partial charge in [-0.25, -0.2) is 8.96 Å². The molecule has 6 aliphatic rings. The number of aliphatic hydroxyl groups is 1. The summed E-state index contributed by atoms with van der Waals surface area (Å²) in [6, 6.07) is 2.67. The van der Waals surface area contributed by atoms with Crippen molar-refractivity contribution in [1.82, 2.24) is 16.0 Å². The fourth-order valence-corrected chi connectivity index (χ4v) is 12.7. The van der Waals surface area contributed by atoms with E-state index >= 15 is 4.39 Å². The van der Waals surface area contributed by atoms with Crippen molar-refractivity contribution in [2.45, 2.75) is 139 Å². The van der Waals surface area contributed by atoms with Crippen LogP contribution in [0.3, 0.4) is 0 Å². The number of carboxylic acids is 1. The first-order valence-electron chi connectivity index (χ1n) is 22.9. The van der Waals surface area contributed by atoms with Gasteiger partial charge in [-0.2, -0.15) is 0 Å². The van der Waals surface area contributed by atoms with E-state index in [1.807, 2.05) is 33.8 Å². The zero-order valence-electron chi connectivity index (χ0n) is 37.9. The molecule has 7 N–H and O–H groups in total. The lowest BCUT2D eigenvalue weighted by Gasteiger charge is -2.59. The molecular formula is C46H61FN3O15PS. The van der Waals surface area contributed by atoms with E-state index in [2.05, 4.69) is 16.0 Å². The second kappa shape index (κ2) is 20.1. The van der Waals surface area contributed by atoms with Gasteiger partial charge in [-0.15, -0.1) is 11.8 Å². The van der Waals surface area contributed by atoms with E-state index in [0.29, 0.717) is 38.5 Å². The summed E-state index contributed by atoms with van der Waals surface area (Å²) in [5, 5.41) is 29.4. The van der Waals surface area contributed by atoms with Gasteiger partial charge in [0, 0.05) is 40.8 Å². The maximum Gasteiger partial charge on any atom is 0.470 e. The summed E-state index contributed by atoms with van der Waals surface area (Å²) < 4.78 is 51.9. The number of halogens is 1. The lowest BCUT2D eigenvalue weighted by Crippen LogP contribution is -2.63. The number of carbonyl (C=O) groups excluding carboxylic acids is 5. The monoisotopic (exact) mass is 977 g/mol. The smallest absolute Gasteiger partial charge is 0.470 e. The summed E-state index contributed by atoms with van der Waals surface area (Å²) in [6.07, 6.45) is 4.19. The van der Waals surface area contributed by atoms with Crippen LogP contribution in [0, 0.1) is 34.4 Å². The minimum Gasteiger partial charge on any atom is -0.490 e. The van der Waals surface area contributed by atoms with Crippen LogP contribution < -0.4 is 20.7 Å². The molecule has 7 rings (SSSR count). The fourth-order valence-electron chi connectivity index (χ4n) is 11.8. The van der Waals surface area contributed by atoms with Crippen LogP contribution in [-0.2, 0) is 47.3 Å². The van der Waals surface area contributed by atoms with Gasteiger partial charge in [-0.3, -0.25) is 33.3 Å². The van der Waals surface area contributed by atoms with Crippen molar-refractivity contribution in [2.24, 2.45) is 28.6 Å². The van der Waals surface area contributed by atoms with Crippen molar-refractivity contribution in [3.63, 3.8) is 0 Å². The highest BCUT2D eigenvalue weighted by Crippen LogP contribution is 2.70. The van der Waals surface area contributed by atoms with Crippen molar-refractivity contribution < 1.29 is 76.5 Å². The molecule has 10 atom stereocenters. The number of Topliss-reactive ketones (excluding diaryl/α,β-unsaturated/α-hetero) is 1. The fraction of sp³-hybridized carbons (Fsp3) is 0.652. The van der Waals surface area contributed by atoms with Gasteiger partial charge >= 0.3 is 13.8 Å². The number of amides is 3. The van der Waals surface area contributed by atoms with Gasteiger partial charge in [0.15, 0.2) is 23.5 Å². The van der Waals surface area contributed by atoms with E-state index < -0.39 is 84.8 Å². The Morgan fingerprint density at radius 3 is 2.46 bits per heavy atom. The van der Waals surface area contributed by atoms with E-state index in [9.17, 15) is 53.3 Å². The number of carbonyl (C=O) groups is 6. The molecular weight excluding hydrogens is 917 g/mol. The van der Waals surface area contributed by atoms with E-state index in [0.717, 1.165) is 5.57 Å². The Bertz CT molecular complexity index is 2230. The number of aliphatic hydroxyl groups excluding tert-OH is 1. The third kappa shape index (κ3) is 10.8. The zero-order valence-corrected chi connectivity index (χ0v) is 39.7. The molecule has 21 heteroatoms. The molecule has 18 nitrogen and oxygen atoms in total. The summed E-state index contributed by atoms with van der Waals surface area (Å²) in [4.78, 5) is 95.0. The molecule has 1 heterocycles. The molecule has 3 amide bonds. The average molecular weight is 978 g/mol. The van der Waals surface area contributed by atoms with Gasteiger partial charge in [-0.1, -0.05) is 39.3 Å². The number of aliphatic carboxylic acids is 1. The Labute approximate surface area is 392 Å². The van der Waals surface area contributed by atoms with Gasteiger partial charge in [0.25, 0.3) is 0 Å². The quantitative estimate of drug-likeness (QED) is 0.103. The molecule has 1 saturated heterocycles. The van der Waals surface area contributed by atoms with Gasteiger partial charge in [0.05, 0.1) is 30.6 Å². The topological polar surface area (TPSA) is 273 Å². The second-order valence-electron chi connectivity index (χ2n) is 19.4. The molecule has 0 aromatic heterocycles. The predicted molar refractivity (Wildman–Crippen MR) is 238 cm³/mol. The zero-order chi connectivity index (χ0) is 48.6. The molecule has 368 valence electrons. The Hall–Kier alpha value is -4.01. The van der Waals surface area contributed by atoms with Crippen LogP contribution in [0.25, 0.3) is 0 Å². The number of ketones is 2. The van der Waals surface area contributed by atoms with Crippen molar-refractivity contribution in [3.8, 4) is 5.75 Å². The number of phosphoric ester groups is 1. The molecule has 67 heavy (non-hydrogen) atoms. The Balaban J connectivity index is 0.985. The summed E-state index contributed by atoms with van der Waals surface area (Å²) in [5.41, 5.74) is -2.72. The summed E-state index contributed by atoms with van der Waals surface area (Å²) in [6.45, 7) is 6.31. The third-order valence-corrected chi connectivity index (χ3v) is 16.4. The van der Waals surface area contributed by atoms with Crippen LogP contribution in [0.5, 0.6) is 5.75 Å². The van der Waals surface area contributed by atoms with Gasteiger partial charge < -0.3 is 50.2 Å². The Kier molecular flexibility index (Phi) is 15.3. The lowest BCUT2D eigenvalue weighted by molar-refractivity contribution is -0.201. The van der Waals surface area contributed by atoms with Crippen molar-refractivity contribution in [1.29, 1.82) is 0 Å². The largest absolute Gasteiger partial charge is 0.490 e. The Morgan fingerprint density at radius 2 is 1.79 bits per heavy atom. The van der Waals surface area contributed by atoms with Crippen molar-refractivity contribution >= 4 is 54.8 Å². The minimum atomic E-state index is -5.10. The molecule has 0 bridgehead atoms. The van der Waals surface area contributed by atoms with Crippen LogP contribution in [0.2, 0.25) is 0 Å². The number of nitrogens with one attached hydrogen (secondary N) is 3. The number of carboxylic acid groups (broad SMARTS) is 1. The number of ether oxygens (including phenoxy) is 3. The molecule has 1 aromatic carbocycles. The highest BCUT2D eigenvalue weighted by molar-refractivity contribution is 8.00. The van der Waals surface area contributed by atoms with E-state index in [-0.39, 0.29) is 96.1 Å². The summed E-state index contributed by atoms with van der Waals surface area (Å²) in [5.74, 6) is -4.67. The first-order valence-corrected chi connectivity index (χ1v) is 25.5. The molecule has 5 fully saturated rings. The van der Waals surface area contributed by atoms with E-state index in [1.54, 1.807) is 6.08 Å². The van der Waals surface area contributed by atoms with Crippen molar-refractivity contribution in [3.05, 3.63) is 53.4 Å². The highest BCUT2D eigenvalue weighted by atomic mass is 32.2. The Morgan fingerprint density at radius 1 is 1.06 bits per heavy atom. The molecule has 4 saturated carbocycles. The maximum atomic E-state index is 16.2. The molecule has 5 aliphatic carbocycles. The summed E-state index contributed by atoms with van der Waals surface area (Å²) >= 11 is 1.41. The van der Waals surface area contributed by atoms with Crippen LogP contribution in [0.4, 0.5) is 4.39 Å². The number of benzene rings is 1. The molecule has 0 unspecified atom stereocenters. The van der Waals surface area contributed by atoms with Gasteiger partial charge in [-0.05, 0) is 99.2 Å². The van der Waals surface area contributed by atoms with Crippen molar-refractivity contribution in [2.75, 3.05) is 18.9 Å². The normalized spacial score (nSPS) is 33.6. The number of allylic oxidation sites excluding steroid dienone is 4. The summed E-state index contributed by atoms with van der Waals surface area (Å²) in [7, 11) is -5.10. The van der Waals surface area contributed by atoms with Gasteiger partial charge in [0.2, 0.25) is 17.7 Å². The number of fused-ring (bicyclic) bond motifs is 7. The molecule has 1 aliphatic heterocycles. The SMILES string of the molecule is CC(C)SCC(=O)NCC(=O)N[C@@H](CCC(=O)O)C(=O)NC1CCC(Oc2ccc([C@@H]3O[C@@H]4C[C@H]5[C@@H]6CCC7=CC(=O)C=C[C@]7(C)[C@H]6[C@@H](O)C[C@]5(C)[C@]4(C(=O)COP(=O)(O)O)O3)c(F)c2)CC1. The molecule has 1 aromatic rings. The minimum absolute atomic E-state index is 0.0420. The standard InChI is InChI=1S/C46H61FN3O15PS/c1-24(2)67-23-39(55)48-21-38(54)50-34(13-14-40(56)57)42(58)49-26-6-8-28(9-7-26)63-29-10-12-31(33(47)18-29)43-64-37-19-32-30-11-5-25-17-27(51)15-16-44(25,3)41(30)35(52)20-45(32,4)46(37,65-43)36(53)22-62-66(59,60)61/h10,12,15-18,24,26,28,30,32,34-35,37,41,43,52H,5-9,11,13-14,19-23H2,1-4H3,(H,48,55)(H,49,58)(H,50,54)(H,56,57)(H2,59,60,61)/t26?,28?,30-,32-,34-,35-,37+,41+,43+,44-,45-,46+/m0/s1. The maximum absolute atomic E-state index is 16.2. The van der Waals surface area contributed by atoms with Gasteiger partial charge in [0.1, 0.15) is 24.2 Å². The lowest BCUT2D eigenvalue weighted by atomic mass is 9.46.